The van der Waals surface area contributed by atoms with Crippen LogP contribution in [-0.2, 0) is 4.74 Å². The third kappa shape index (κ3) is 2.75. The van der Waals surface area contributed by atoms with Gasteiger partial charge in [0.25, 0.3) is 0 Å². The first-order valence-electron chi connectivity index (χ1n) is 5.52. The van der Waals surface area contributed by atoms with E-state index in [1.807, 2.05) is 6.07 Å². The first kappa shape index (κ1) is 11.4. The lowest BCUT2D eigenvalue weighted by Gasteiger charge is -2.23. The van der Waals surface area contributed by atoms with Crippen molar-refractivity contribution in [1.82, 2.24) is 0 Å². The summed E-state index contributed by atoms with van der Waals surface area (Å²) in [5, 5.41) is 17.8. The minimum Gasteiger partial charge on any atom is -0.489 e. The zero-order chi connectivity index (χ0) is 12.1. The fraction of sp³-hybridized carbons (Fsp3) is 0.385. The van der Waals surface area contributed by atoms with Crippen molar-refractivity contribution in [2.24, 2.45) is 0 Å². The standard InChI is InChI=1S/C13H12N2O2/c14-8-10-1-2-13(11(7-10)9-15)17-12-3-5-16-6-4-12/h1-2,7,12H,3-6H2. The molecule has 17 heavy (non-hydrogen) atoms. The Bertz CT molecular complexity index is 479. The van der Waals surface area contributed by atoms with Gasteiger partial charge in [-0.15, -0.1) is 0 Å². The van der Waals surface area contributed by atoms with Crippen molar-refractivity contribution in [2.45, 2.75) is 18.9 Å². The summed E-state index contributed by atoms with van der Waals surface area (Å²) in [5.41, 5.74) is 0.886. The van der Waals surface area contributed by atoms with Crippen molar-refractivity contribution in [3.8, 4) is 17.9 Å². The van der Waals surface area contributed by atoms with Gasteiger partial charge >= 0.3 is 0 Å². The first-order valence-corrected chi connectivity index (χ1v) is 5.52. The Balaban J connectivity index is 2.15. The maximum atomic E-state index is 9.00. The Hall–Kier alpha value is -2.04. The van der Waals surface area contributed by atoms with Gasteiger partial charge in [-0.1, -0.05) is 0 Å². The van der Waals surface area contributed by atoms with Crippen molar-refractivity contribution in [2.75, 3.05) is 13.2 Å². The van der Waals surface area contributed by atoms with Crippen LogP contribution in [0.2, 0.25) is 0 Å². The van der Waals surface area contributed by atoms with E-state index in [0.717, 1.165) is 12.8 Å². The van der Waals surface area contributed by atoms with Gasteiger partial charge in [0.15, 0.2) is 0 Å². The van der Waals surface area contributed by atoms with Gasteiger partial charge in [-0.25, -0.2) is 0 Å². The van der Waals surface area contributed by atoms with Gasteiger partial charge in [-0.05, 0) is 18.2 Å². The number of benzene rings is 1. The van der Waals surface area contributed by atoms with Crippen LogP contribution < -0.4 is 4.74 Å². The molecule has 4 heteroatoms. The predicted octanol–water partition coefficient (Wildman–Crippen LogP) is 1.99. The Morgan fingerprint density at radius 1 is 1.18 bits per heavy atom. The summed E-state index contributed by atoms with van der Waals surface area (Å²) >= 11 is 0. The molecule has 0 radical (unpaired) electrons. The zero-order valence-corrected chi connectivity index (χ0v) is 9.35. The highest BCUT2D eigenvalue weighted by molar-refractivity contribution is 5.48. The zero-order valence-electron chi connectivity index (χ0n) is 9.35. The smallest absolute Gasteiger partial charge is 0.137 e. The van der Waals surface area contributed by atoms with Gasteiger partial charge in [0.1, 0.15) is 17.9 Å². The normalized spacial score (nSPS) is 15.9. The fourth-order valence-corrected chi connectivity index (χ4v) is 1.76. The van der Waals surface area contributed by atoms with E-state index in [4.69, 9.17) is 20.0 Å². The molecule has 0 aromatic heterocycles. The second-order valence-electron chi connectivity index (χ2n) is 3.86. The predicted molar refractivity (Wildman–Crippen MR) is 60.3 cm³/mol. The highest BCUT2D eigenvalue weighted by atomic mass is 16.5. The van der Waals surface area contributed by atoms with Crippen LogP contribution in [0.5, 0.6) is 5.75 Å². The maximum absolute atomic E-state index is 9.00. The van der Waals surface area contributed by atoms with E-state index in [-0.39, 0.29) is 6.10 Å². The summed E-state index contributed by atoms with van der Waals surface area (Å²) in [6.45, 7) is 1.39. The van der Waals surface area contributed by atoms with E-state index in [9.17, 15) is 0 Å². The molecular weight excluding hydrogens is 216 g/mol. The van der Waals surface area contributed by atoms with E-state index in [0.29, 0.717) is 30.1 Å². The molecule has 2 rings (SSSR count). The van der Waals surface area contributed by atoms with Crippen LogP contribution in [-0.4, -0.2) is 19.3 Å². The molecule has 0 N–H and O–H groups in total. The average Bonchev–Trinajstić information content (AvgIpc) is 2.40. The highest BCUT2D eigenvalue weighted by Crippen LogP contribution is 2.23. The summed E-state index contributed by atoms with van der Waals surface area (Å²) in [7, 11) is 0. The summed E-state index contributed by atoms with van der Waals surface area (Å²) in [5.74, 6) is 0.554. The molecule has 1 heterocycles. The number of ether oxygens (including phenoxy) is 2. The maximum Gasteiger partial charge on any atom is 0.137 e. The average molecular weight is 228 g/mol. The van der Waals surface area contributed by atoms with E-state index >= 15 is 0 Å². The van der Waals surface area contributed by atoms with E-state index < -0.39 is 0 Å². The molecule has 0 saturated carbocycles. The molecule has 0 bridgehead atoms. The van der Waals surface area contributed by atoms with Gasteiger partial charge in [0.05, 0.1) is 30.4 Å². The monoisotopic (exact) mass is 228 g/mol. The van der Waals surface area contributed by atoms with Crippen molar-refractivity contribution >= 4 is 0 Å². The summed E-state index contributed by atoms with van der Waals surface area (Å²) in [4.78, 5) is 0. The lowest BCUT2D eigenvalue weighted by Crippen LogP contribution is -2.26. The number of hydrogen-bond acceptors (Lipinski definition) is 4. The summed E-state index contributed by atoms with van der Waals surface area (Å²) in [6.07, 6.45) is 1.78. The quantitative estimate of drug-likeness (QED) is 0.776. The molecule has 86 valence electrons. The van der Waals surface area contributed by atoms with Gasteiger partial charge in [0, 0.05) is 12.8 Å². The van der Waals surface area contributed by atoms with Crippen LogP contribution in [0.3, 0.4) is 0 Å². The molecule has 0 unspecified atom stereocenters. The molecular formula is C13H12N2O2. The minimum atomic E-state index is 0.101. The molecule has 1 aromatic rings. The Kier molecular flexibility index (Phi) is 3.59. The van der Waals surface area contributed by atoms with Crippen LogP contribution in [0.15, 0.2) is 18.2 Å². The van der Waals surface area contributed by atoms with Crippen LogP contribution >= 0.6 is 0 Å². The molecule has 4 nitrogen and oxygen atoms in total. The van der Waals surface area contributed by atoms with E-state index in [1.54, 1.807) is 18.2 Å². The van der Waals surface area contributed by atoms with Gasteiger partial charge in [-0.2, -0.15) is 10.5 Å². The van der Waals surface area contributed by atoms with Gasteiger partial charge < -0.3 is 9.47 Å². The lowest BCUT2D eigenvalue weighted by molar-refractivity contribution is 0.0254. The molecule has 0 amide bonds. The molecule has 0 aliphatic carbocycles. The van der Waals surface area contributed by atoms with Gasteiger partial charge in [0.2, 0.25) is 0 Å². The number of hydrogen-bond donors (Lipinski definition) is 0. The van der Waals surface area contributed by atoms with Crippen molar-refractivity contribution in [3.05, 3.63) is 29.3 Å². The number of rotatable bonds is 2. The van der Waals surface area contributed by atoms with Crippen molar-refractivity contribution in [1.29, 1.82) is 10.5 Å². The topological polar surface area (TPSA) is 66.0 Å². The summed E-state index contributed by atoms with van der Waals surface area (Å²) in [6, 6.07) is 8.96. The molecule has 1 aliphatic rings. The Morgan fingerprint density at radius 3 is 2.59 bits per heavy atom. The van der Waals surface area contributed by atoms with Crippen LogP contribution in [0, 0.1) is 22.7 Å². The lowest BCUT2D eigenvalue weighted by atomic mass is 10.1. The fourth-order valence-electron chi connectivity index (χ4n) is 1.76. The third-order valence-electron chi connectivity index (χ3n) is 2.69. The highest BCUT2D eigenvalue weighted by Gasteiger charge is 2.17. The van der Waals surface area contributed by atoms with Crippen LogP contribution in [0.4, 0.5) is 0 Å². The van der Waals surface area contributed by atoms with E-state index in [1.165, 1.54) is 0 Å². The second-order valence-corrected chi connectivity index (χ2v) is 3.86. The second kappa shape index (κ2) is 5.34. The molecule has 1 aliphatic heterocycles. The minimum absolute atomic E-state index is 0.101. The Labute approximate surface area is 100.0 Å². The van der Waals surface area contributed by atoms with Crippen molar-refractivity contribution in [3.63, 3.8) is 0 Å². The Morgan fingerprint density at radius 2 is 1.94 bits per heavy atom. The number of nitriles is 2. The van der Waals surface area contributed by atoms with Crippen LogP contribution in [0.25, 0.3) is 0 Å². The third-order valence-corrected chi connectivity index (χ3v) is 2.69. The molecule has 1 saturated heterocycles. The molecule has 1 fully saturated rings. The molecule has 1 aromatic carbocycles. The van der Waals surface area contributed by atoms with Crippen LogP contribution in [0.1, 0.15) is 24.0 Å². The molecule has 0 spiro atoms. The molecule has 0 atom stereocenters. The summed E-state index contributed by atoms with van der Waals surface area (Å²) < 4.78 is 11.0. The van der Waals surface area contributed by atoms with E-state index in [2.05, 4.69) is 6.07 Å². The largest absolute Gasteiger partial charge is 0.489 e. The van der Waals surface area contributed by atoms with Gasteiger partial charge in [-0.3, -0.25) is 0 Å². The van der Waals surface area contributed by atoms with Crippen molar-refractivity contribution < 1.29 is 9.47 Å². The number of nitrogens with zero attached hydrogens (tertiary/aromatic N) is 2. The SMILES string of the molecule is N#Cc1ccc(OC2CCOCC2)c(C#N)c1. The first-order chi connectivity index (χ1) is 8.33.